The molecule has 10 aromatic rings. The summed E-state index contributed by atoms with van der Waals surface area (Å²) in [7, 11) is 0. The molecule has 0 fully saturated rings. The van der Waals surface area contributed by atoms with Gasteiger partial charge in [0.05, 0.1) is 87.7 Å². The van der Waals surface area contributed by atoms with Gasteiger partial charge in [-0.05, 0) is 146 Å². The van der Waals surface area contributed by atoms with Gasteiger partial charge in [0, 0.05) is 68.5 Å². The smallest absolute Gasteiger partial charge is 0.347 e. The van der Waals surface area contributed by atoms with Gasteiger partial charge in [-0.1, -0.05) is 183 Å². The number of nitrogens with two attached hydrogens (primary N) is 5. The Balaban J connectivity index is 0.000000168. The van der Waals surface area contributed by atoms with E-state index < -0.39 is 30.2 Å². The van der Waals surface area contributed by atoms with Crippen molar-refractivity contribution in [1.82, 2.24) is 77.6 Å². The van der Waals surface area contributed by atoms with Crippen LogP contribution < -0.4 is 127 Å². The molecule has 44 nitrogen and oxygen atoms in total. The number of carbonyl (C=O) groups excluding carboxylic acids is 5. The van der Waals surface area contributed by atoms with E-state index in [9.17, 15) is 47.9 Å². The van der Waals surface area contributed by atoms with E-state index in [1.165, 1.54) is 41.4 Å². The molecule has 10 heterocycles. The lowest BCUT2D eigenvalue weighted by Gasteiger charge is -2.26. The van der Waals surface area contributed by atoms with Gasteiger partial charge in [0.2, 0.25) is 23.5 Å². The number of urea groups is 5. The Morgan fingerprint density at radius 1 is 0.305 bits per heavy atom. The molecule has 0 saturated heterocycles. The Bertz CT molecular complexity index is 6560. The molecule has 15 rings (SSSR count). The molecule has 5 aromatic heterocycles. The van der Waals surface area contributed by atoms with Gasteiger partial charge in [-0.3, -0.25) is 24.0 Å². The fourth-order valence-corrected chi connectivity index (χ4v) is 15.1. The maximum Gasteiger partial charge on any atom is 0.347 e. The third-order valence-corrected chi connectivity index (χ3v) is 22.9. The molecule has 20 N–H and O–H groups in total. The number of anilines is 5. The minimum Gasteiger partial charge on any atom is -0.437 e. The number of amidine groups is 5. The first kappa shape index (κ1) is 106. The molecular formula is C90H93Cl7N30O14. The minimum absolute atomic E-state index is 0.00345. The summed E-state index contributed by atoms with van der Waals surface area (Å²) in [6, 6.07) is 19.5. The largest absolute Gasteiger partial charge is 0.437 e. The van der Waals surface area contributed by atoms with Crippen LogP contribution in [0.1, 0.15) is 160 Å². The topological polar surface area (TPSA) is 619 Å². The number of carbonyl (C=O) groups is 5. The first-order valence-corrected chi connectivity index (χ1v) is 44.7. The van der Waals surface area contributed by atoms with E-state index in [1.807, 2.05) is 83.1 Å². The Morgan fingerprint density at radius 2 is 0.546 bits per heavy atom. The lowest BCUT2D eigenvalue weighted by atomic mass is 10.0. The molecule has 0 unspecified atom stereocenters. The molecule has 51 heteroatoms. The van der Waals surface area contributed by atoms with Crippen LogP contribution in [-0.4, -0.2) is 110 Å². The second kappa shape index (κ2) is 44.3. The highest BCUT2D eigenvalue weighted by Crippen LogP contribution is 2.46. The highest BCUT2D eigenvalue weighted by atomic mass is 35.5. The summed E-state index contributed by atoms with van der Waals surface area (Å²) in [5, 5.41) is 71.1. The second-order valence-electron chi connectivity index (χ2n) is 32.7. The van der Waals surface area contributed by atoms with Gasteiger partial charge in [-0.2, -0.15) is 30.1 Å². The maximum absolute atomic E-state index is 12.3. The minimum atomic E-state index is -0.566. The Hall–Kier alpha value is -15.9. The number of amides is 10. The van der Waals surface area contributed by atoms with Gasteiger partial charge in [0.15, 0.2) is 46.4 Å². The highest BCUT2D eigenvalue weighted by molar-refractivity contribution is 6.39. The second-order valence-corrected chi connectivity index (χ2v) is 35.6. The van der Waals surface area contributed by atoms with Crippen molar-refractivity contribution in [3.8, 4) is 46.5 Å². The van der Waals surface area contributed by atoms with E-state index in [0.717, 1.165) is 31.2 Å². The van der Waals surface area contributed by atoms with Crippen molar-refractivity contribution in [3.63, 3.8) is 0 Å². The lowest BCUT2D eigenvalue weighted by molar-refractivity contribution is 0.247. The highest BCUT2D eigenvalue weighted by Gasteiger charge is 2.33. The number of ether oxygens (including phenoxy) is 4. The molecule has 0 atom stereocenters. The Morgan fingerprint density at radius 3 is 0.865 bits per heavy atom. The van der Waals surface area contributed by atoms with Gasteiger partial charge < -0.3 is 74.2 Å². The molecule has 10 amide bonds. The first-order valence-electron chi connectivity index (χ1n) is 42.1. The van der Waals surface area contributed by atoms with Gasteiger partial charge in [-0.15, -0.1) is 45.9 Å². The predicted molar refractivity (Wildman–Crippen MR) is 543 cm³/mol. The number of rotatable bonds is 20. The first-order chi connectivity index (χ1) is 66.3. The van der Waals surface area contributed by atoms with Crippen molar-refractivity contribution in [3.05, 3.63) is 295 Å². The van der Waals surface area contributed by atoms with Crippen molar-refractivity contribution in [2.45, 2.75) is 133 Å². The molecule has 141 heavy (non-hydrogen) atoms. The number of H-pyrrole nitrogens is 5. The summed E-state index contributed by atoms with van der Waals surface area (Å²) in [5.74, 6) is 2.33. The van der Waals surface area contributed by atoms with E-state index in [-0.39, 0.29) is 181 Å². The van der Waals surface area contributed by atoms with Gasteiger partial charge in [-0.25, -0.2) is 49.5 Å². The van der Waals surface area contributed by atoms with Crippen LogP contribution in [-0.2, 0) is 6.42 Å². The molecule has 736 valence electrons. The zero-order valence-electron chi connectivity index (χ0n) is 77.7. The average molecular weight is 2070 g/mol. The number of halogens is 7. The zero-order valence-corrected chi connectivity index (χ0v) is 83.0. The number of hydrazone groups is 5. The third-order valence-electron chi connectivity index (χ3n) is 20.6. The van der Waals surface area contributed by atoms with Crippen LogP contribution >= 0.6 is 81.2 Å². The van der Waals surface area contributed by atoms with Crippen LogP contribution in [0, 0.1) is 27.7 Å². The van der Waals surface area contributed by atoms with Crippen LogP contribution in [0.25, 0.3) is 0 Å². The van der Waals surface area contributed by atoms with E-state index in [1.54, 1.807) is 62.4 Å². The molecule has 0 bridgehead atoms. The van der Waals surface area contributed by atoms with Gasteiger partial charge in [0.25, 0.3) is 27.8 Å². The quantitative estimate of drug-likeness (QED) is 0.0337. The number of aromatic amines is 5. The van der Waals surface area contributed by atoms with E-state index in [2.05, 4.69) is 136 Å². The summed E-state index contributed by atoms with van der Waals surface area (Å²) in [4.78, 5) is 120. The number of hydrogen-bond acceptors (Lipinski definition) is 29. The average Bonchev–Trinajstić information content (AvgIpc) is 0.780. The van der Waals surface area contributed by atoms with Crippen LogP contribution in [0.3, 0.4) is 0 Å². The third kappa shape index (κ3) is 24.8. The summed E-state index contributed by atoms with van der Waals surface area (Å²) < 4.78 is 23.1. The van der Waals surface area contributed by atoms with Gasteiger partial charge >= 0.3 is 30.2 Å². The van der Waals surface area contributed by atoms with E-state index in [4.69, 9.17) is 129 Å². The standard InChI is InChI=1S/C19H22N6O3.C18H18Cl2N6O3.C18H18Cl2N6O2.C18H19ClN6O3.C17H16Cl2N6O3/c1-9(2)14-8-15(22-23-18(14)26)28-16-10(3)6-13(7-11(16)4)25-19(27)21-12(5)17(20)24-25;1-7(2)10-5-13(23-24-17(10)27)29-15-11(19)6-12(8(3)14(15)20)26-18(28)22-9(4)16(21)25-26;1-8(2)12-4-10(23-24-17(12)27)5-13-14(19)6-11(7-15(13)20)26-18(28)22-9(3)16(21)25-26;1-8(2)12-7-14(22-23-17(12)26)28-15-9(3)5-11(6-13(15)19)25-18(27)21-10(4)16(20)24-25;1-7(2)10-6-13(22-23-16(10)26)28-14-11(18)4-9(5-12(14)19)25-17(27)21-8(3)15(20)24-25/h6-9H,5H2,1-4H3,(H2,20,24)(H,21,27)(H,23,26);5-7H,4H2,1-3H3,(H2,21,25)(H,22,28)(H,24,27);4,6-8H,3,5H2,1-2H3,(H2,21,25)(H,22,28)(H,24,27);5-8H,4H2,1-3H3,(H2,20,24)(H,21,27)(H,23,26);4-7H,3H2,1-2H3,(H2,20,24)(H,21,27)(H,23,26). The molecule has 5 aliphatic rings. The fourth-order valence-electron chi connectivity index (χ4n) is 13.1. The number of benzene rings is 5. The van der Waals surface area contributed by atoms with Crippen molar-refractivity contribution < 1.29 is 42.9 Å². The van der Waals surface area contributed by atoms with E-state index >= 15 is 0 Å². The van der Waals surface area contributed by atoms with Crippen molar-refractivity contribution in [2.24, 2.45) is 54.2 Å². The molecule has 0 radical (unpaired) electrons. The Kier molecular flexibility index (Phi) is 33.2. The van der Waals surface area contributed by atoms with Gasteiger partial charge in [0.1, 0.15) is 5.75 Å². The summed E-state index contributed by atoms with van der Waals surface area (Å²) in [6.45, 7) is 44.1. The van der Waals surface area contributed by atoms with E-state index in [0.29, 0.717) is 101 Å². The summed E-state index contributed by atoms with van der Waals surface area (Å²) >= 11 is 44.6. The van der Waals surface area contributed by atoms with Crippen molar-refractivity contribution >= 4 is 169 Å². The number of nitrogens with one attached hydrogen (secondary N) is 10. The predicted octanol–water partition coefficient (Wildman–Crippen LogP) is 15.6. The number of aryl methyl sites for hydroxylation is 3. The number of hydrogen-bond donors (Lipinski definition) is 15. The molecule has 5 aliphatic heterocycles. The van der Waals surface area contributed by atoms with Crippen molar-refractivity contribution in [1.29, 1.82) is 0 Å². The lowest BCUT2D eigenvalue weighted by Crippen LogP contribution is -2.45. The summed E-state index contributed by atoms with van der Waals surface area (Å²) in [5.41, 5.74) is 36.9. The zero-order chi connectivity index (χ0) is 104. The molecule has 5 aromatic carbocycles. The number of aromatic nitrogens is 10. The van der Waals surface area contributed by atoms with Crippen molar-refractivity contribution in [2.75, 3.05) is 25.0 Å². The molecule has 0 aliphatic carbocycles. The molecule has 0 spiro atoms. The number of nitrogens with zero attached hydrogens (tertiary/aromatic N) is 15. The monoisotopic (exact) mass is 2060 g/mol. The van der Waals surface area contributed by atoms with Crippen LogP contribution in [0.2, 0.25) is 35.2 Å². The van der Waals surface area contributed by atoms with Crippen LogP contribution in [0.15, 0.2) is 196 Å². The van der Waals surface area contributed by atoms with Crippen LogP contribution in [0.4, 0.5) is 52.4 Å². The normalized spacial score (nSPS) is 14.2. The molecule has 0 saturated carbocycles. The fraction of sp³-hybridized carbons (Fsp3) is 0.222. The maximum atomic E-state index is 12.3. The van der Waals surface area contributed by atoms with Crippen LogP contribution in [0.5, 0.6) is 46.5 Å². The molecular weight excluding hydrogens is 1970 g/mol. The SMILES string of the molecule is C=C1NC(=O)N(c2cc(C)c(Oc3cc(C(C)C)c(=O)[nH]n3)c(C)c2)N=C1N.C=C1NC(=O)N(c2cc(C)c(Oc3cc(C(C)C)c(=O)[nH]n3)c(Cl)c2)N=C1N.C=C1NC(=O)N(c2cc(Cl)c(Cc3cc(C(C)C)c(=O)[nH]n3)c(Cl)c2)N=C1N.C=C1NC(=O)N(c2cc(Cl)c(Oc3cc(C(C)C)c(=O)[nH]n3)c(Cl)c2)N=C1N.C=C1NC(=O)N(c2cc(Cl)c(Oc3cc(C(C)C)c(=O)[nH]n3)c(Cl)c2C)N=C1N. The Labute approximate surface area is 837 Å². The summed E-state index contributed by atoms with van der Waals surface area (Å²) in [6.07, 6.45) is 0.308.